The van der Waals surface area contributed by atoms with Crippen molar-refractivity contribution in [2.24, 2.45) is 7.05 Å². The van der Waals surface area contributed by atoms with Gasteiger partial charge in [0.2, 0.25) is 0 Å². The molecule has 0 aliphatic rings. The molecule has 0 aliphatic carbocycles. The zero-order valence-electron chi connectivity index (χ0n) is 14.7. The van der Waals surface area contributed by atoms with Crippen LogP contribution in [0.15, 0.2) is 36.5 Å². The molecule has 0 saturated carbocycles. The smallest absolute Gasteiger partial charge is 0.267 e. The fourth-order valence-corrected chi connectivity index (χ4v) is 2.71. The number of hydrogen-bond acceptors (Lipinski definition) is 3. The summed E-state index contributed by atoms with van der Waals surface area (Å²) < 4.78 is 2.78. The van der Waals surface area contributed by atoms with Gasteiger partial charge in [-0.25, -0.2) is 0 Å². The molecule has 0 spiro atoms. The summed E-state index contributed by atoms with van der Waals surface area (Å²) in [7, 11) is 5.79. The van der Waals surface area contributed by atoms with E-state index in [1.807, 2.05) is 26.2 Å². The standard InChI is InChI=1S/C18H23IN4O2/c1-22(2)10-4-9-20-18(25)16-11-15(12-23(16)3)21-17(24)13-5-7-14(19)8-6-13/h5-8,11-12H,4,9-10H2,1-3H3,(H,20,25)(H,21,24). The van der Waals surface area contributed by atoms with Crippen molar-refractivity contribution in [1.29, 1.82) is 0 Å². The van der Waals surface area contributed by atoms with Crippen LogP contribution < -0.4 is 10.6 Å². The Balaban J connectivity index is 1.95. The third-order valence-electron chi connectivity index (χ3n) is 3.67. The number of aryl methyl sites for hydroxylation is 1. The Morgan fingerprint density at radius 3 is 2.48 bits per heavy atom. The number of benzene rings is 1. The largest absolute Gasteiger partial charge is 0.351 e. The summed E-state index contributed by atoms with van der Waals surface area (Å²) in [6, 6.07) is 9.00. The van der Waals surface area contributed by atoms with Gasteiger partial charge in [-0.2, -0.15) is 0 Å². The molecule has 1 aromatic heterocycles. The molecule has 0 aliphatic heterocycles. The van der Waals surface area contributed by atoms with E-state index in [9.17, 15) is 9.59 Å². The molecule has 6 nitrogen and oxygen atoms in total. The maximum absolute atomic E-state index is 12.3. The van der Waals surface area contributed by atoms with Crippen LogP contribution in [0.4, 0.5) is 5.69 Å². The van der Waals surface area contributed by atoms with E-state index < -0.39 is 0 Å². The van der Waals surface area contributed by atoms with Crippen LogP contribution in [0.5, 0.6) is 0 Å². The molecule has 0 radical (unpaired) electrons. The van der Waals surface area contributed by atoms with E-state index in [0.717, 1.165) is 16.5 Å². The van der Waals surface area contributed by atoms with Crippen molar-refractivity contribution in [1.82, 2.24) is 14.8 Å². The van der Waals surface area contributed by atoms with Crippen molar-refractivity contribution < 1.29 is 9.59 Å². The molecule has 0 atom stereocenters. The molecule has 0 saturated heterocycles. The van der Waals surface area contributed by atoms with Crippen molar-refractivity contribution in [2.45, 2.75) is 6.42 Å². The van der Waals surface area contributed by atoms with Gasteiger partial charge >= 0.3 is 0 Å². The molecule has 2 aromatic rings. The second kappa shape index (κ2) is 9.00. The van der Waals surface area contributed by atoms with Crippen molar-refractivity contribution in [3.05, 3.63) is 51.4 Å². The lowest BCUT2D eigenvalue weighted by molar-refractivity contribution is 0.0943. The van der Waals surface area contributed by atoms with Crippen LogP contribution in [0, 0.1) is 3.57 Å². The molecule has 0 bridgehead atoms. The number of halogens is 1. The van der Waals surface area contributed by atoms with Crippen LogP contribution in [0.3, 0.4) is 0 Å². The van der Waals surface area contributed by atoms with Gasteiger partial charge in [-0.1, -0.05) is 0 Å². The summed E-state index contributed by atoms with van der Waals surface area (Å²) in [6.45, 7) is 1.54. The molecule has 2 N–H and O–H groups in total. The Morgan fingerprint density at radius 2 is 1.84 bits per heavy atom. The van der Waals surface area contributed by atoms with E-state index in [4.69, 9.17) is 0 Å². The number of nitrogens with zero attached hydrogens (tertiary/aromatic N) is 2. The molecule has 7 heteroatoms. The van der Waals surface area contributed by atoms with Gasteiger partial charge in [-0.05, 0) is 80.0 Å². The number of aromatic nitrogens is 1. The number of amides is 2. The molecule has 2 amide bonds. The predicted molar refractivity (Wildman–Crippen MR) is 108 cm³/mol. The van der Waals surface area contributed by atoms with E-state index in [0.29, 0.717) is 23.5 Å². The van der Waals surface area contributed by atoms with Gasteiger partial charge in [0.25, 0.3) is 11.8 Å². The molecular weight excluding hydrogens is 431 g/mol. The van der Waals surface area contributed by atoms with Gasteiger partial charge in [-0.3, -0.25) is 9.59 Å². The van der Waals surface area contributed by atoms with Gasteiger partial charge in [0.05, 0.1) is 5.69 Å². The van der Waals surface area contributed by atoms with Crippen molar-refractivity contribution in [2.75, 3.05) is 32.5 Å². The fraction of sp³-hybridized carbons (Fsp3) is 0.333. The SMILES string of the molecule is CN(C)CCCNC(=O)c1cc(NC(=O)c2ccc(I)cc2)cn1C. The topological polar surface area (TPSA) is 66.4 Å². The van der Waals surface area contributed by atoms with E-state index in [1.165, 1.54) is 0 Å². The molecule has 1 aromatic carbocycles. The van der Waals surface area contributed by atoms with Gasteiger partial charge in [0.1, 0.15) is 5.69 Å². The number of nitrogens with one attached hydrogen (secondary N) is 2. The number of carbonyl (C=O) groups excluding carboxylic acids is 2. The van der Waals surface area contributed by atoms with Crippen LogP contribution in [-0.2, 0) is 7.05 Å². The first-order valence-corrected chi connectivity index (χ1v) is 9.11. The maximum Gasteiger partial charge on any atom is 0.267 e. The third-order valence-corrected chi connectivity index (χ3v) is 4.39. The minimum absolute atomic E-state index is 0.143. The summed E-state index contributed by atoms with van der Waals surface area (Å²) in [6.07, 6.45) is 2.62. The molecule has 0 fully saturated rings. The summed E-state index contributed by atoms with van der Waals surface area (Å²) >= 11 is 2.19. The van der Waals surface area contributed by atoms with Crippen molar-refractivity contribution in [3.8, 4) is 0 Å². The highest BCUT2D eigenvalue weighted by atomic mass is 127. The highest BCUT2D eigenvalue weighted by Gasteiger charge is 2.13. The number of anilines is 1. The lowest BCUT2D eigenvalue weighted by Crippen LogP contribution is -2.28. The zero-order valence-corrected chi connectivity index (χ0v) is 16.8. The fourth-order valence-electron chi connectivity index (χ4n) is 2.35. The summed E-state index contributed by atoms with van der Waals surface area (Å²) in [4.78, 5) is 26.6. The number of hydrogen-bond donors (Lipinski definition) is 2. The van der Waals surface area contributed by atoms with E-state index >= 15 is 0 Å². The summed E-state index contributed by atoms with van der Waals surface area (Å²) in [5.74, 6) is -0.337. The van der Waals surface area contributed by atoms with Gasteiger partial charge in [-0.15, -0.1) is 0 Å². The highest BCUT2D eigenvalue weighted by molar-refractivity contribution is 14.1. The lowest BCUT2D eigenvalue weighted by atomic mass is 10.2. The Labute approximate surface area is 161 Å². The normalized spacial score (nSPS) is 10.8. The monoisotopic (exact) mass is 454 g/mol. The Hall–Kier alpha value is -1.87. The number of carbonyl (C=O) groups is 2. The average Bonchev–Trinajstić information content (AvgIpc) is 2.92. The minimum Gasteiger partial charge on any atom is -0.351 e. The second-order valence-electron chi connectivity index (χ2n) is 6.10. The molecule has 134 valence electrons. The highest BCUT2D eigenvalue weighted by Crippen LogP contribution is 2.15. The van der Waals surface area contributed by atoms with E-state index in [2.05, 4.69) is 38.1 Å². The van der Waals surface area contributed by atoms with Crippen LogP contribution in [0.1, 0.15) is 27.3 Å². The molecule has 25 heavy (non-hydrogen) atoms. The Bertz CT molecular complexity index is 738. The first-order chi connectivity index (χ1) is 11.9. The maximum atomic E-state index is 12.3. The first kappa shape index (κ1) is 19.5. The molecule has 0 unspecified atom stereocenters. The van der Waals surface area contributed by atoms with Crippen LogP contribution in [-0.4, -0.2) is 48.5 Å². The van der Waals surface area contributed by atoms with Crippen molar-refractivity contribution in [3.63, 3.8) is 0 Å². The van der Waals surface area contributed by atoms with Crippen LogP contribution in [0.25, 0.3) is 0 Å². The number of rotatable bonds is 7. The van der Waals surface area contributed by atoms with E-state index in [-0.39, 0.29) is 11.8 Å². The molecule has 2 rings (SSSR count). The van der Waals surface area contributed by atoms with Crippen molar-refractivity contribution >= 4 is 40.1 Å². The predicted octanol–water partition coefficient (Wildman–Crippen LogP) is 2.56. The Morgan fingerprint density at radius 1 is 1.16 bits per heavy atom. The zero-order chi connectivity index (χ0) is 18.4. The average molecular weight is 454 g/mol. The molecule has 1 heterocycles. The third kappa shape index (κ3) is 5.86. The lowest BCUT2D eigenvalue weighted by Gasteiger charge is -2.10. The Kier molecular flexibility index (Phi) is 7.01. The van der Waals surface area contributed by atoms with Gasteiger partial charge < -0.3 is 20.1 Å². The van der Waals surface area contributed by atoms with Gasteiger partial charge in [0.15, 0.2) is 0 Å². The first-order valence-electron chi connectivity index (χ1n) is 8.03. The minimum atomic E-state index is -0.194. The van der Waals surface area contributed by atoms with Crippen LogP contribution in [0.2, 0.25) is 0 Å². The van der Waals surface area contributed by atoms with E-state index in [1.54, 1.807) is 36.0 Å². The summed E-state index contributed by atoms with van der Waals surface area (Å²) in [5.41, 5.74) is 1.70. The second-order valence-corrected chi connectivity index (χ2v) is 7.34. The molecular formula is C18H23IN4O2. The van der Waals surface area contributed by atoms with Crippen LogP contribution >= 0.6 is 22.6 Å². The quantitative estimate of drug-likeness (QED) is 0.500. The van der Waals surface area contributed by atoms with Gasteiger partial charge in [0, 0.05) is 28.9 Å². The summed E-state index contributed by atoms with van der Waals surface area (Å²) in [5, 5.41) is 5.73.